The van der Waals surface area contributed by atoms with Crippen molar-refractivity contribution >= 4 is 87.7 Å². The van der Waals surface area contributed by atoms with E-state index in [0.29, 0.717) is 180 Å². The number of imide groups is 1. The quantitative estimate of drug-likeness (QED) is 0.00644. The SMILES string of the molecule is CCCNC(=O)CCOCCOCCOCCOCCN=C1CCCCCC(OCC(=O)NCCCC[C@@H](NC(=O)CCOCCOCCOCCOCCCC(=O)CCC(=O)N2Cc3ccccc3C#Cc3ccccc32)C(=O)N[C@H](C(=O)N[C@@H](C)C(=O)N[C@@H](CO)C(=O)Nc2ccc3c(c2)[C@@]2(C)CCC[C@](C)(C(=O)NC(=O)[C@@]4(C)CCC[C@]5(C)c6cc(O)ccc6CC[C@@H]45)[C@@H]2CC3)C(C)C)C1=NN. The fourth-order valence-corrected chi connectivity index (χ4v) is 20.5. The number of aliphatic imine (C=N–C) groups is 1. The number of anilines is 2. The number of phenols is 1. The number of hydrazone groups is 1. The molecule has 0 aromatic heterocycles. The van der Waals surface area contributed by atoms with Gasteiger partial charge in [-0.3, -0.25) is 63.0 Å². The number of aryl methyl sites for hydroxylation is 2. The van der Waals surface area contributed by atoms with Crippen LogP contribution in [-0.4, -0.2) is 255 Å². The second-order valence-corrected chi connectivity index (χ2v) is 38.8. The number of Topliss-reactive ketones (excluding diaryl/α,β-unsaturated/α-hetero) is 1. The second-order valence-electron chi connectivity index (χ2n) is 38.8. The number of aliphatic hydroxyl groups is 1. The lowest BCUT2D eigenvalue weighted by atomic mass is 9.49. The Labute approximate surface area is 824 Å². The largest absolute Gasteiger partial charge is 0.508 e. The molecule has 1 heterocycles. The highest BCUT2D eigenvalue weighted by Gasteiger charge is 2.59. The molecule has 11 atom stereocenters. The van der Waals surface area contributed by atoms with Gasteiger partial charge in [-0.25, -0.2) is 0 Å². The number of nitrogens with two attached hydrogens (primary N) is 1. The summed E-state index contributed by atoms with van der Waals surface area (Å²) in [5, 5.41) is 47.8. The summed E-state index contributed by atoms with van der Waals surface area (Å²) in [5.74, 6) is 7.16. The van der Waals surface area contributed by atoms with Crippen LogP contribution in [0.3, 0.4) is 0 Å². The van der Waals surface area contributed by atoms with Crippen LogP contribution < -0.4 is 53.3 Å². The molecular formula is C106H152N12O22. The number of amides is 10. The van der Waals surface area contributed by atoms with Crippen molar-refractivity contribution in [2.75, 3.05) is 149 Å². The van der Waals surface area contributed by atoms with E-state index in [-0.39, 0.29) is 131 Å². The fraction of sp³-hybridized carbons (Fsp3) is 0.632. The number of para-hydroxylation sites is 1. The third kappa shape index (κ3) is 32.5. The number of ether oxygens (including phenoxy) is 9. The van der Waals surface area contributed by atoms with Gasteiger partial charge in [0.1, 0.15) is 54.1 Å². The minimum Gasteiger partial charge on any atom is -0.508 e. The number of benzene rings is 4. The van der Waals surface area contributed by atoms with E-state index < -0.39 is 94.5 Å². The molecule has 4 aromatic rings. The molecule has 6 aliphatic rings. The molecule has 3 fully saturated rings. The summed E-state index contributed by atoms with van der Waals surface area (Å²) in [6.07, 6.45) is 13.2. The molecule has 12 N–H and O–H groups in total. The molecule has 768 valence electrons. The molecule has 34 nitrogen and oxygen atoms in total. The number of hydrogen-bond donors (Lipinski definition) is 11. The molecule has 3 saturated carbocycles. The Kier molecular flexibility index (Phi) is 45.4. The Morgan fingerprint density at radius 3 is 1.71 bits per heavy atom. The van der Waals surface area contributed by atoms with Crippen LogP contribution in [0.2, 0.25) is 0 Å². The normalized spacial score (nSPS) is 21.7. The Bertz CT molecular complexity index is 4920. The fourth-order valence-electron chi connectivity index (χ4n) is 20.5. The molecule has 10 amide bonds. The van der Waals surface area contributed by atoms with Crippen molar-refractivity contribution in [2.45, 2.75) is 264 Å². The van der Waals surface area contributed by atoms with Gasteiger partial charge in [0, 0.05) is 68.6 Å². The van der Waals surface area contributed by atoms with E-state index in [9.17, 15) is 63.0 Å². The summed E-state index contributed by atoms with van der Waals surface area (Å²) < 4.78 is 51.3. The van der Waals surface area contributed by atoms with E-state index >= 15 is 0 Å². The van der Waals surface area contributed by atoms with E-state index in [1.165, 1.54) is 12.5 Å². The van der Waals surface area contributed by atoms with Gasteiger partial charge in [0.2, 0.25) is 59.1 Å². The van der Waals surface area contributed by atoms with Gasteiger partial charge in [0.15, 0.2) is 0 Å². The third-order valence-corrected chi connectivity index (χ3v) is 28.3. The highest BCUT2D eigenvalue weighted by molar-refractivity contribution is 6.44. The summed E-state index contributed by atoms with van der Waals surface area (Å²) in [6, 6.07) is 21.3. The summed E-state index contributed by atoms with van der Waals surface area (Å²) in [6.45, 7) is 20.2. The summed E-state index contributed by atoms with van der Waals surface area (Å²) in [4.78, 5) is 159. The number of phenolic OH excluding ortho intramolecular Hbond substituents is 1. The maximum Gasteiger partial charge on any atom is 0.249 e. The number of unbranched alkanes of at least 4 members (excludes halogenated alkanes) is 1. The molecule has 0 spiro atoms. The first kappa shape index (κ1) is 112. The first-order valence-electron chi connectivity index (χ1n) is 50.6. The van der Waals surface area contributed by atoms with E-state index in [2.05, 4.69) is 73.3 Å². The maximum absolute atomic E-state index is 15.0. The van der Waals surface area contributed by atoms with Crippen molar-refractivity contribution in [3.8, 4) is 17.6 Å². The molecular weight excluding hydrogens is 1790 g/mol. The van der Waals surface area contributed by atoms with Gasteiger partial charge in [-0.15, -0.1) is 0 Å². The van der Waals surface area contributed by atoms with E-state index in [4.69, 9.17) is 53.5 Å². The first-order chi connectivity index (χ1) is 67.5. The van der Waals surface area contributed by atoms with Crippen molar-refractivity contribution in [1.29, 1.82) is 0 Å². The lowest BCUT2D eigenvalue weighted by Gasteiger charge is -2.56. The van der Waals surface area contributed by atoms with Crippen molar-refractivity contribution in [1.82, 2.24) is 37.2 Å². The predicted octanol–water partition coefficient (Wildman–Crippen LogP) is 9.21. The third-order valence-electron chi connectivity index (χ3n) is 28.3. The number of ketones is 1. The van der Waals surface area contributed by atoms with Crippen LogP contribution in [0.4, 0.5) is 11.4 Å². The highest BCUT2D eigenvalue weighted by Crippen LogP contribution is 2.60. The van der Waals surface area contributed by atoms with Crippen LogP contribution in [-0.2, 0) is 126 Å². The maximum atomic E-state index is 15.0. The van der Waals surface area contributed by atoms with Crippen molar-refractivity contribution in [2.24, 2.45) is 44.5 Å². The lowest BCUT2D eigenvalue weighted by Crippen LogP contribution is -2.60. The molecule has 140 heavy (non-hydrogen) atoms. The zero-order valence-corrected chi connectivity index (χ0v) is 83.4. The van der Waals surface area contributed by atoms with Crippen LogP contribution in [0, 0.1) is 40.4 Å². The molecule has 4 aromatic carbocycles. The molecule has 0 saturated heterocycles. The standard InChI is InChI=1S/C106H152N12O22/c1-9-48-109-91(122)42-52-133-56-60-137-65-66-139-62-58-135-54-50-108-84-26-11-10-12-29-88(96(84)117-107)140-71-93(124)110-49-18-17-27-85(113-92(123)43-53-134-57-61-138-64-63-136-59-55-132-51-19-25-80(120)38-41-94(125)118-69-78-24-14-13-22-74(78)30-31-77-23-15-16-28-87(77)118)98(127)115-95(72(2)3)100(129)111-73(4)97(126)114-86(70-119)99(128)112-79-36-32-75-34-39-89-103(5,82(75)67-79)44-20-46-105(89,7)101(130)116-102(131)106(8)47-21-45-104(6)83-68-81(121)37-33-76(83)35-40-90(104)106/h13-16,22-24,28,32-33,36-37,67-68,72-73,85-86,88-90,95,119,121H,9-12,17-21,25-27,29,34-35,38-66,69-71,107H2,1-8H3,(H,109,122)(H,110,124)(H,111,129)(H,112,128)(H,113,123)(H,114,126)(H,115,127)(H,116,130,131)/t73-,85+,86-,88?,89+,90+,95-,103+,104+,105-,106-/m0/s1. The number of nitrogens with zero attached hydrogens (tertiary/aromatic N) is 3. The average Bonchev–Trinajstić information content (AvgIpc) is 0.718. The number of carbonyl (C=O) groups is 11. The van der Waals surface area contributed by atoms with Gasteiger partial charge in [-0.1, -0.05) is 128 Å². The van der Waals surface area contributed by atoms with Gasteiger partial charge in [-0.2, -0.15) is 5.10 Å². The van der Waals surface area contributed by atoms with Gasteiger partial charge >= 0.3 is 0 Å². The van der Waals surface area contributed by atoms with Gasteiger partial charge < -0.3 is 101 Å². The van der Waals surface area contributed by atoms with Crippen LogP contribution in [0.5, 0.6) is 5.75 Å². The zero-order valence-electron chi connectivity index (χ0n) is 83.4. The number of rotatable bonds is 57. The minimum absolute atomic E-state index is 0.0227. The summed E-state index contributed by atoms with van der Waals surface area (Å²) >= 11 is 0. The number of fused-ring (bicyclic) bond motifs is 8. The molecule has 1 aliphatic heterocycles. The van der Waals surface area contributed by atoms with E-state index in [0.717, 1.165) is 96.9 Å². The molecule has 5 aliphatic carbocycles. The Morgan fingerprint density at radius 2 is 1.09 bits per heavy atom. The van der Waals surface area contributed by atoms with Crippen molar-refractivity contribution in [3.05, 3.63) is 124 Å². The zero-order chi connectivity index (χ0) is 100. The monoisotopic (exact) mass is 1950 g/mol. The number of carbonyl (C=O) groups excluding carboxylic acids is 11. The van der Waals surface area contributed by atoms with Crippen LogP contribution >= 0.6 is 0 Å². The Hall–Kier alpha value is -10.5. The number of aromatic hydroxyl groups is 1. The van der Waals surface area contributed by atoms with Crippen LogP contribution in [0.15, 0.2) is 95.0 Å². The second kappa shape index (κ2) is 57.0. The molecule has 0 bridgehead atoms. The van der Waals surface area contributed by atoms with E-state index in [1.54, 1.807) is 30.9 Å². The van der Waals surface area contributed by atoms with Gasteiger partial charge in [0.25, 0.3) is 0 Å². The van der Waals surface area contributed by atoms with Gasteiger partial charge in [-0.05, 0) is 209 Å². The minimum atomic E-state index is -1.48. The molecule has 1 unspecified atom stereocenters. The molecule has 10 rings (SSSR count). The molecule has 0 radical (unpaired) electrons. The Balaban J connectivity index is 0.658. The number of hydrogen-bond acceptors (Lipinski definition) is 25. The lowest BCUT2D eigenvalue weighted by molar-refractivity contribution is -0.150. The smallest absolute Gasteiger partial charge is 0.249 e. The highest BCUT2D eigenvalue weighted by atomic mass is 16.6. The average molecular weight is 1950 g/mol. The van der Waals surface area contributed by atoms with Crippen LogP contribution in [0.1, 0.15) is 242 Å². The van der Waals surface area contributed by atoms with E-state index in [1.807, 2.05) is 93.6 Å². The number of nitrogens with one attached hydrogen (secondary N) is 8. The Morgan fingerprint density at radius 1 is 0.514 bits per heavy atom. The van der Waals surface area contributed by atoms with Crippen molar-refractivity contribution < 1.29 is 106 Å². The summed E-state index contributed by atoms with van der Waals surface area (Å²) in [5.41, 5.74) is 6.50. The first-order valence-corrected chi connectivity index (χ1v) is 50.6. The topological polar surface area (TPSA) is 462 Å². The van der Waals surface area contributed by atoms with Crippen molar-refractivity contribution in [3.63, 3.8) is 0 Å². The van der Waals surface area contributed by atoms with Crippen LogP contribution in [0.25, 0.3) is 0 Å². The van der Waals surface area contributed by atoms with Gasteiger partial charge in [0.05, 0.1) is 141 Å². The molecule has 34 heteroatoms. The number of aliphatic hydroxyl groups excluding tert-OH is 1. The summed E-state index contributed by atoms with van der Waals surface area (Å²) in [7, 11) is 0. The predicted molar refractivity (Wildman–Crippen MR) is 530 cm³/mol.